The number of para-hydroxylation sites is 1. The predicted molar refractivity (Wildman–Crippen MR) is 78.9 cm³/mol. The topological polar surface area (TPSA) is 24.5 Å². The van der Waals surface area contributed by atoms with Gasteiger partial charge in [0, 0.05) is 13.1 Å². The SMILES string of the molecule is CNCc1cccc(Cl)c1N1CCOC2CCCC21. The molecular formula is C15H21ClN2O. The third-order valence-electron chi connectivity index (χ3n) is 4.21. The Hall–Kier alpha value is -0.770. The number of fused-ring (bicyclic) bond motifs is 1. The molecule has 0 amide bonds. The lowest BCUT2D eigenvalue weighted by atomic mass is 10.1. The number of morpholine rings is 1. The Kier molecular flexibility index (Phi) is 3.96. The second-order valence-corrected chi connectivity index (χ2v) is 5.79. The van der Waals surface area contributed by atoms with E-state index in [1.807, 2.05) is 19.2 Å². The molecule has 2 aliphatic rings. The summed E-state index contributed by atoms with van der Waals surface area (Å²) in [6.45, 7) is 2.61. The average Bonchev–Trinajstić information content (AvgIpc) is 2.88. The highest BCUT2D eigenvalue weighted by molar-refractivity contribution is 6.33. The molecule has 2 fully saturated rings. The van der Waals surface area contributed by atoms with E-state index in [1.165, 1.54) is 30.5 Å². The van der Waals surface area contributed by atoms with E-state index in [9.17, 15) is 0 Å². The Morgan fingerprint density at radius 1 is 1.42 bits per heavy atom. The molecule has 3 rings (SSSR count). The zero-order valence-corrected chi connectivity index (χ0v) is 12.1. The Morgan fingerprint density at radius 2 is 2.32 bits per heavy atom. The maximum absolute atomic E-state index is 6.48. The lowest BCUT2D eigenvalue weighted by Gasteiger charge is -2.40. The van der Waals surface area contributed by atoms with Gasteiger partial charge in [-0.2, -0.15) is 0 Å². The molecule has 0 bridgehead atoms. The van der Waals surface area contributed by atoms with Crippen molar-refractivity contribution in [3.05, 3.63) is 28.8 Å². The number of benzene rings is 1. The fraction of sp³-hybridized carbons (Fsp3) is 0.600. The molecule has 2 atom stereocenters. The van der Waals surface area contributed by atoms with Crippen molar-refractivity contribution in [3.8, 4) is 0 Å². The molecular weight excluding hydrogens is 260 g/mol. The van der Waals surface area contributed by atoms with Gasteiger partial charge in [0.25, 0.3) is 0 Å². The molecule has 1 saturated heterocycles. The highest BCUT2D eigenvalue weighted by Gasteiger charge is 2.37. The summed E-state index contributed by atoms with van der Waals surface area (Å²) in [4.78, 5) is 2.48. The van der Waals surface area contributed by atoms with Crippen LogP contribution in [-0.2, 0) is 11.3 Å². The quantitative estimate of drug-likeness (QED) is 0.921. The number of nitrogens with zero attached hydrogens (tertiary/aromatic N) is 1. The summed E-state index contributed by atoms with van der Waals surface area (Å²) in [6.07, 6.45) is 4.06. The van der Waals surface area contributed by atoms with Crippen molar-refractivity contribution >= 4 is 17.3 Å². The summed E-state index contributed by atoms with van der Waals surface area (Å²) < 4.78 is 5.89. The fourth-order valence-corrected chi connectivity index (χ4v) is 3.72. The molecule has 0 spiro atoms. The lowest BCUT2D eigenvalue weighted by Crippen LogP contribution is -2.49. The zero-order chi connectivity index (χ0) is 13.2. The van der Waals surface area contributed by atoms with E-state index in [2.05, 4.69) is 16.3 Å². The Morgan fingerprint density at radius 3 is 3.16 bits per heavy atom. The Labute approximate surface area is 119 Å². The average molecular weight is 281 g/mol. The van der Waals surface area contributed by atoms with Crippen LogP contribution in [0.1, 0.15) is 24.8 Å². The molecule has 1 saturated carbocycles. The van der Waals surface area contributed by atoms with Crippen LogP contribution in [0.2, 0.25) is 5.02 Å². The first-order chi connectivity index (χ1) is 9.31. The second kappa shape index (κ2) is 5.70. The number of anilines is 1. The van der Waals surface area contributed by atoms with Crippen LogP contribution in [0.4, 0.5) is 5.69 Å². The van der Waals surface area contributed by atoms with Crippen molar-refractivity contribution in [1.82, 2.24) is 5.32 Å². The molecule has 0 radical (unpaired) electrons. The van der Waals surface area contributed by atoms with Crippen molar-refractivity contribution in [1.29, 1.82) is 0 Å². The smallest absolute Gasteiger partial charge is 0.0779 e. The minimum atomic E-state index is 0.396. The van der Waals surface area contributed by atoms with Crippen LogP contribution in [0.25, 0.3) is 0 Å². The zero-order valence-electron chi connectivity index (χ0n) is 11.4. The molecule has 1 aliphatic carbocycles. The number of nitrogens with one attached hydrogen (secondary N) is 1. The number of rotatable bonds is 3. The van der Waals surface area contributed by atoms with Gasteiger partial charge in [0.2, 0.25) is 0 Å². The number of hydrogen-bond donors (Lipinski definition) is 1. The third-order valence-corrected chi connectivity index (χ3v) is 4.51. The normalized spacial score (nSPS) is 26.5. The van der Waals surface area contributed by atoms with E-state index in [0.29, 0.717) is 12.1 Å². The molecule has 104 valence electrons. The fourth-order valence-electron chi connectivity index (χ4n) is 3.42. The largest absolute Gasteiger partial charge is 0.374 e. The van der Waals surface area contributed by atoms with Gasteiger partial charge >= 0.3 is 0 Å². The van der Waals surface area contributed by atoms with E-state index in [-0.39, 0.29) is 0 Å². The summed E-state index contributed by atoms with van der Waals surface area (Å²) in [5.74, 6) is 0. The van der Waals surface area contributed by atoms with Gasteiger partial charge in [-0.25, -0.2) is 0 Å². The van der Waals surface area contributed by atoms with Crippen molar-refractivity contribution in [3.63, 3.8) is 0 Å². The van der Waals surface area contributed by atoms with Crippen LogP contribution < -0.4 is 10.2 Å². The van der Waals surface area contributed by atoms with Crippen molar-refractivity contribution in [2.45, 2.75) is 38.0 Å². The highest BCUT2D eigenvalue weighted by Crippen LogP contribution is 2.38. The third kappa shape index (κ3) is 2.47. The second-order valence-electron chi connectivity index (χ2n) is 5.38. The minimum absolute atomic E-state index is 0.396. The number of halogens is 1. The van der Waals surface area contributed by atoms with Crippen LogP contribution >= 0.6 is 11.6 Å². The standard InChI is InChI=1S/C15H21ClN2O/c1-17-10-11-4-2-5-12(16)15(11)18-8-9-19-14-7-3-6-13(14)18/h2,4-5,13-14,17H,3,6-10H2,1H3. The van der Waals surface area contributed by atoms with Crippen molar-refractivity contribution in [2.24, 2.45) is 0 Å². The molecule has 1 aliphatic heterocycles. The molecule has 1 aromatic carbocycles. The maximum atomic E-state index is 6.48. The summed E-state index contributed by atoms with van der Waals surface area (Å²) in [6, 6.07) is 6.70. The monoisotopic (exact) mass is 280 g/mol. The molecule has 1 N–H and O–H groups in total. The van der Waals surface area contributed by atoms with Gasteiger partial charge in [-0.15, -0.1) is 0 Å². The van der Waals surface area contributed by atoms with Gasteiger partial charge in [-0.05, 0) is 37.9 Å². The summed E-state index contributed by atoms with van der Waals surface area (Å²) >= 11 is 6.48. The van der Waals surface area contributed by atoms with Crippen LogP contribution in [0.3, 0.4) is 0 Å². The first-order valence-electron chi connectivity index (χ1n) is 7.11. The van der Waals surface area contributed by atoms with Crippen LogP contribution in [-0.4, -0.2) is 32.3 Å². The molecule has 1 heterocycles. The maximum Gasteiger partial charge on any atom is 0.0779 e. The molecule has 19 heavy (non-hydrogen) atoms. The van der Waals surface area contributed by atoms with E-state index in [1.54, 1.807) is 0 Å². The first-order valence-corrected chi connectivity index (χ1v) is 7.49. The van der Waals surface area contributed by atoms with E-state index in [4.69, 9.17) is 16.3 Å². The van der Waals surface area contributed by atoms with Gasteiger partial charge in [0.1, 0.15) is 0 Å². The minimum Gasteiger partial charge on any atom is -0.374 e. The van der Waals surface area contributed by atoms with Crippen molar-refractivity contribution < 1.29 is 4.74 Å². The van der Waals surface area contributed by atoms with Gasteiger partial charge in [-0.3, -0.25) is 0 Å². The lowest BCUT2D eigenvalue weighted by molar-refractivity contribution is 0.0256. The van der Waals surface area contributed by atoms with Crippen LogP contribution in [0.15, 0.2) is 18.2 Å². The summed E-state index contributed by atoms with van der Waals surface area (Å²) in [5, 5.41) is 4.10. The molecule has 4 heteroatoms. The first kappa shape index (κ1) is 13.2. The van der Waals surface area contributed by atoms with Gasteiger partial charge in [-0.1, -0.05) is 23.7 Å². The summed E-state index contributed by atoms with van der Waals surface area (Å²) in [5.41, 5.74) is 2.49. The number of ether oxygens (including phenoxy) is 1. The molecule has 0 aromatic heterocycles. The predicted octanol–water partition coefficient (Wildman–Crippen LogP) is 2.82. The van der Waals surface area contributed by atoms with Crippen molar-refractivity contribution in [2.75, 3.05) is 25.1 Å². The van der Waals surface area contributed by atoms with E-state index < -0.39 is 0 Å². The number of hydrogen-bond acceptors (Lipinski definition) is 3. The van der Waals surface area contributed by atoms with Crippen LogP contribution in [0.5, 0.6) is 0 Å². The van der Waals surface area contributed by atoms with E-state index >= 15 is 0 Å². The molecule has 3 nitrogen and oxygen atoms in total. The Balaban J connectivity index is 1.95. The van der Waals surface area contributed by atoms with Crippen LogP contribution in [0, 0.1) is 0 Å². The van der Waals surface area contributed by atoms with Gasteiger partial charge in [0.15, 0.2) is 0 Å². The summed E-state index contributed by atoms with van der Waals surface area (Å²) in [7, 11) is 1.97. The van der Waals surface area contributed by atoms with E-state index in [0.717, 1.165) is 24.7 Å². The highest BCUT2D eigenvalue weighted by atomic mass is 35.5. The van der Waals surface area contributed by atoms with Gasteiger partial charge in [0.05, 0.1) is 29.5 Å². The molecule has 2 unspecified atom stereocenters. The Bertz CT molecular complexity index is 452. The molecule has 1 aromatic rings. The van der Waals surface area contributed by atoms with Gasteiger partial charge < -0.3 is 15.0 Å².